The number of aromatic amines is 1. The number of nitrogens with zero attached hydrogens (tertiary/aromatic N) is 4. The van der Waals surface area contributed by atoms with E-state index in [1.807, 2.05) is 24.0 Å². The molecule has 0 aliphatic rings. The molecule has 0 aliphatic heterocycles. The number of hydrogen-bond donors (Lipinski definition) is 1. The molecule has 5 rings (SSSR count). The zero-order valence-corrected chi connectivity index (χ0v) is 13.2. The number of rotatable bonds is 1. The summed E-state index contributed by atoms with van der Waals surface area (Å²) in [6.45, 7) is 2.08. The molecule has 118 valence electrons. The molecule has 0 fully saturated rings. The first kappa shape index (κ1) is 13.3. The lowest BCUT2D eigenvalue weighted by atomic mass is 10.1. The fourth-order valence-corrected chi connectivity index (χ4v) is 3.54. The lowest BCUT2D eigenvalue weighted by Gasteiger charge is -2.11. The monoisotopic (exact) mass is 319 g/mol. The SMILES string of the molecule is Cc1c(-n2c3ccc(F)cc3c3[nH]ncc32)ccc2c1cnn2C. The van der Waals surface area contributed by atoms with E-state index in [2.05, 4.69) is 38.9 Å². The van der Waals surface area contributed by atoms with E-state index in [4.69, 9.17) is 0 Å². The first-order valence-corrected chi connectivity index (χ1v) is 7.70. The summed E-state index contributed by atoms with van der Waals surface area (Å²) >= 11 is 0. The van der Waals surface area contributed by atoms with Gasteiger partial charge in [-0.05, 0) is 42.8 Å². The first-order chi connectivity index (χ1) is 11.6. The second-order valence-corrected chi connectivity index (χ2v) is 6.04. The lowest BCUT2D eigenvalue weighted by Crippen LogP contribution is -1.98. The third-order valence-electron chi connectivity index (χ3n) is 4.74. The van der Waals surface area contributed by atoms with Crippen LogP contribution in [0, 0.1) is 12.7 Å². The van der Waals surface area contributed by atoms with E-state index in [-0.39, 0.29) is 5.82 Å². The van der Waals surface area contributed by atoms with Crippen molar-refractivity contribution in [3.05, 3.63) is 54.1 Å². The largest absolute Gasteiger partial charge is 0.306 e. The van der Waals surface area contributed by atoms with E-state index in [9.17, 15) is 4.39 Å². The summed E-state index contributed by atoms with van der Waals surface area (Å²) in [5, 5.41) is 13.4. The van der Waals surface area contributed by atoms with Crippen LogP contribution in [0.4, 0.5) is 4.39 Å². The predicted octanol–water partition coefficient (Wildman–Crippen LogP) is 3.84. The summed E-state index contributed by atoms with van der Waals surface area (Å²) in [7, 11) is 1.93. The predicted molar refractivity (Wildman–Crippen MR) is 91.9 cm³/mol. The normalized spacial score (nSPS) is 12.0. The molecule has 0 spiro atoms. The fraction of sp³-hybridized carbons (Fsp3) is 0.111. The smallest absolute Gasteiger partial charge is 0.124 e. The van der Waals surface area contributed by atoms with Crippen LogP contribution in [0.25, 0.3) is 38.5 Å². The molecular weight excluding hydrogens is 305 g/mol. The average molecular weight is 319 g/mol. The van der Waals surface area contributed by atoms with Crippen molar-refractivity contribution in [2.45, 2.75) is 6.92 Å². The van der Waals surface area contributed by atoms with Crippen molar-refractivity contribution in [3.8, 4) is 5.69 Å². The van der Waals surface area contributed by atoms with Crippen molar-refractivity contribution in [2.75, 3.05) is 0 Å². The maximum Gasteiger partial charge on any atom is 0.124 e. The minimum absolute atomic E-state index is 0.254. The zero-order chi connectivity index (χ0) is 16.4. The molecule has 5 nitrogen and oxygen atoms in total. The van der Waals surface area contributed by atoms with Crippen molar-refractivity contribution in [2.24, 2.45) is 7.05 Å². The molecule has 0 atom stereocenters. The van der Waals surface area contributed by atoms with Crippen molar-refractivity contribution < 1.29 is 4.39 Å². The summed E-state index contributed by atoms with van der Waals surface area (Å²) in [5.41, 5.74) is 5.99. The summed E-state index contributed by atoms with van der Waals surface area (Å²) in [6.07, 6.45) is 3.66. The molecular formula is C18H14FN5. The molecule has 0 bridgehead atoms. The Kier molecular flexibility index (Phi) is 2.46. The van der Waals surface area contributed by atoms with Gasteiger partial charge in [0.1, 0.15) is 5.82 Å². The number of hydrogen-bond acceptors (Lipinski definition) is 2. The van der Waals surface area contributed by atoms with E-state index in [0.29, 0.717) is 0 Å². The maximum absolute atomic E-state index is 13.7. The molecule has 1 N–H and O–H groups in total. The van der Waals surface area contributed by atoms with E-state index < -0.39 is 0 Å². The highest BCUT2D eigenvalue weighted by Gasteiger charge is 2.17. The number of aryl methyl sites for hydroxylation is 2. The molecule has 6 heteroatoms. The van der Waals surface area contributed by atoms with Gasteiger partial charge in [0.15, 0.2) is 0 Å². The van der Waals surface area contributed by atoms with Gasteiger partial charge >= 0.3 is 0 Å². The lowest BCUT2D eigenvalue weighted by molar-refractivity contribution is 0.629. The highest BCUT2D eigenvalue weighted by Crippen LogP contribution is 2.34. The Hall–Kier alpha value is -3.15. The minimum Gasteiger partial charge on any atom is -0.306 e. The molecule has 0 aliphatic carbocycles. The van der Waals surface area contributed by atoms with Crippen LogP contribution in [-0.2, 0) is 7.05 Å². The van der Waals surface area contributed by atoms with Crippen LogP contribution in [-0.4, -0.2) is 24.5 Å². The van der Waals surface area contributed by atoms with Gasteiger partial charge in [-0.1, -0.05) is 0 Å². The number of H-pyrrole nitrogens is 1. The van der Waals surface area contributed by atoms with Gasteiger partial charge in [-0.25, -0.2) is 4.39 Å². The van der Waals surface area contributed by atoms with Gasteiger partial charge in [0.05, 0.1) is 40.1 Å². The highest BCUT2D eigenvalue weighted by atomic mass is 19.1. The summed E-state index contributed by atoms with van der Waals surface area (Å²) in [5.74, 6) is -0.254. The van der Waals surface area contributed by atoms with Crippen LogP contribution in [0.2, 0.25) is 0 Å². The van der Waals surface area contributed by atoms with Gasteiger partial charge < -0.3 is 4.57 Å². The molecule has 0 saturated carbocycles. The van der Waals surface area contributed by atoms with E-state index >= 15 is 0 Å². The van der Waals surface area contributed by atoms with Gasteiger partial charge in [0, 0.05) is 17.8 Å². The topological polar surface area (TPSA) is 51.4 Å². The minimum atomic E-state index is -0.254. The summed E-state index contributed by atoms with van der Waals surface area (Å²) in [6, 6.07) is 8.99. The van der Waals surface area contributed by atoms with Gasteiger partial charge in [-0.15, -0.1) is 0 Å². The standard InChI is InChI=1S/C18H14FN5/c1-10-13-8-21-23(2)15(13)6-5-14(10)24-16-4-3-11(19)7-12(16)18-17(24)9-20-22-18/h3-9H,1-2H3,(H,20,22). The number of aromatic nitrogens is 5. The Balaban J connectivity index is 1.95. The third-order valence-corrected chi connectivity index (χ3v) is 4.74. The third kappa shape index (κ3) is 1.57. The van der Waals surface area contributed by atoms with Crippen molar-refractivity contribution >= 4 is 32.8 Å². The quantitative estimate of drug-likeness (QED) is 0.510. The Morgan fingerprint density at radius 2 is 1.83 bits per heavy atom. The first-order valence-electron chi connectivity index (χ1n) is 7.70. The molecule has 3 heterocycles. The molecule has 24 heavy (non-hydrogen) atoms. The van der Waals surface area contributed by atoms with Gasteiger partial charge in [-0.3, -0.25) is 9.78 Å². The van der Waals surface area contributed by atoms with E-state index in [1.165, 1.54) is 6.07 Å². The van der Waals surface area contributed by atoms with Crippen molar-refractivity contribution in [3.63, 3.8) is 0 Å². The molecule has 0 unspecified atom stereocenters. The molecule has 0 amide bonds. The number of nitrogens with one attached hydrogen (secondary N) is 1. The Morgan fingerprint density at radius 1 is 1.00 bits per heavy atom. The van der Waals surface area contributed by atoms with Crippen LogP contribution in [0.1, 0.15) is 5.56 Å². The Bertz CT molecular complexity index is 1240. The van der Waals surface area contributed by atoms with Crippen molar-refractivity contribution in [1.82, 2.24) is 24.5 Å². The molecule has 0 saturated heterocycles. The van der Waals surface area contributed by atoms with Crippen LogP contribution in [0.15, 0.2) is 42.7 Å². The Labute approximate surface area is 136 Å². The molecule has 3 aromatic heterocycles. The van der Waals surface area contributed by atoms with Crippen LogP contribution >= 0.6 is 0 Å². The average Bonchev–Trinajstić information content (AvgIpc) is 3.24. The molecule has 0 radical (unpaired) electrons. The van der Waals surface area contributed by atoms with Crippen LogP contribution < -0.4 is 0 Å². The number of halogens is 1. The van der Waals surface area contributed by atoms with Crippen LogP contribution in [0.3, 0.4) is 0 Å². The summed E-state index contributed by atoms with van der Waals surface area (Å²) in [4.78, 5) is 0. The maximum atomic E-state index is 13.7. The van der Waals surface area contributed by atoms with Crippen molar-refractivity contribution in [1.29, 1.82) is 0 Å². The van der Waals surface area contributed by atoms with Crippen LogP contribution in [0.5, 0.6) is 0 Å². The van der Waals surface area contributed by atoms with Gasteiger partial charge in [0.25, 0.3) is 0 Å². The zero-order valence-electron chi connectivity index (χ0n) is 13.2. The summed E-state index contributed by atoms with van der Waals surface area (Å²) < 4.78 is 17.7. The van der Waals surface area contributed by atoms with Gasteiger partial charge in [-0.2, -0.15) is 10.2 Å². The van der Waals surface area contributed by atoms with Gasteiger partial charge in [0.2, 0.25) is 0 Å². The Morgan fingerprint density at radius 3 is 2.71 bits per heavy atom. The number of fused-ring (bicyclic) bond motifs is 4. The second-order valence-electron chi connectivity index (χ2n) is 6.04. The van der Waals surface area contributed by atoms with E-state index in [0.717, 1.165) is 44.1 Å². The number of benzene rings is 2. The second kappa shape index (κ2) is 4.44. The molecule has 2 aromatic carbocycles. The fourth-order valence-electron chi connectivity index (χ4n) is 3.54. The van der Waals surface area contributed by atoms with E-state index in [1.54, 1.807) is 12.3 Å². The highest BCUT2D eigenvalue weighted by molar-refractivity contribution is 6.07. The molecule has 5 aromatic rings.